The first-order valence-electron chi connectivity index (χ1n) is 10.8. The number of likely N-dealkylation sites (tertiary alicyclic amines) is 1. The van der Waals surface area contributed by atoms with Gasteiger partial charge in [-0.15, -0.1) is 0 Å². The minimum atomic E-state index is -4.47. The number of alkyl halides is 3. The monoisotopic (exact) mass is 410 g/mol. The summed E-state index contributed by atoms with van der Waals surface area (Å²) in [7, 11) is 0. The Labute approximate surface area is 169 Å². The Bertz CT molecular complexity index is 735. The molecule has 1 spiro atoms. The molecule has 3 heterocycles. The number of amides is 1. The number of nitrogens with zero attached hydrogens (tertiary/aromatic N) is 4. The van der Waals surface area contributed by atoms with E-state index in [4.69, 9.17) is 0 Å². The second-order valence-electron chi connectivity index (χ2n) is 8.83. The number of aromatic nitrogens is 2. The standard InChI is InChI=1S/C21H29F3N4O/c22-21(23,24)17-13-18(26-15-25-17)27-11-4-8-20(10-12-27)9-7-19(29)28(20)14-16-5-2-1-3-6-16/h13,15-16H,1-12,14H2/t20-/m1/s1. The van der Waals surface area contributed by atoms with Gasteiger partial charge in [0, 0.05) is 37.7 Å². The molecule has 4 rings (SSSR count). The third kappa shape index (κ3) is 4.36. The van der Waals surface area contributed by atoms with Gasteiger partial charge in [0.2, 0.25) is 5.91 Å². The van der Waals surface area contributed by atoms with Crippen LogP contribution in [0.15, 0.2) is 12.4 Å². The maximum Gasteiger partial charge on any atom is 0.433 e. The molecule has 1 aromatic rings. The van der Waals surface area contributed by atoms with Crippen molar-refractivity contribution in [2.45, 2.75) is 75.9 Å². The molecule has 1 saturated carbocycles. The first-order chi connectivity index (χ1) is 13.9. The molecular formula is C21H29F3N4O. The van der Waals surface area contributed by atoms with Gasteiger partial charge in [0.05, 0.1) is 0 Å². The summed E-state index contributed by atoms with van der Waals surface area (Å²) in [5, 5.41) is 0. The van der Waals surface area contributed by atoms with Crippen LogP contribution in [0.4, 0.5) is 19.0 Å². The first-order valence-corrected chi connectivity index (χ1v) is 10.8. The van der Waals surface area contributed by atoms with Crippen LogP contribution in [0.1, 0.15) is 69.9 Å². The Morgan fingerprint density at radius 2 is 1.83 bits per heavy atom. The molecule has 0 unspecified atom stereocenters. The molecular weight excluding hydrogens is 381 g/mol. The summed E-state index contributed by atoms with van der Waals surface area (Å²) in [6.07, 6.45) is 6.74. The fraction of sp³-hybridized carbons (Fsp3) is 0.762. The zero-order chi connectivity index (χ0) is 20.5. The summed E-state index contributed by atoms with van der Waals surface area (Å²) in [5.74, 6) is 1.18. The number of anilines is 1. The van der Waals surface area contributed by atoms with Crippen molar-refractivity contribution in [2.75, 3.05) is 24.5 Å². The van der Waals surface area contributed by atoms with Crippen molar-refractivity contribution in [3.8, 4) is 0 Å². The molecule has 1 atom stereocenters. The van der Waals surface area contributed by atoms with E-state index in [1.54, 1.807) is 0 Å². The van der Waals surface area contributed by atoms with Gasteiger partial charge in [-0.25, -0.2) is 9.97 Å². The smallest absolute Gasteiger partial charge is 0.356 e. The highest BCUT2D eigenvalue weighted by Gasteiger charge is 2.46. The van der Waals surface area contributed by atoms with Gasteiger partial charge in [-0.05, 0) is 44.4 Å². The maximum atomic E-state index is 13.0. The van der Waals surface area contributed by atoms with E-state index < -0.39 is 11.9 Å². The molecule has 1 aromatic heterocycles. The molecule has 1 amide bonds. The van der Waals surface area contributed by atoms with Gasteiger partial charge in [0.1, 0.15) is 17.8 Å². The van der Waals surface area contributed by atoms with Crippen molar-refractivity contribution < 1.29 is 18.0 Å². The Hall–Kier alpha value is -1.86. The van der Waals surface area contributed by atoms with Gasteiger partial charge >= 0.3 is 6.18 Å². The molecule has 0 bridgehead atoms. The van der Waals surface area contributed by atoms with E-state index in [1.165, 1.54) is 32.1 Å². The Morgan fingerprint density at radius 3 is 2.59 bits per heavy atom. The number of carbonyl (C=O) groups is 1. The lowest BCUT2D eigenvalue weighted by atomic mass is 9.84. The summed E-state index contributed by atoms with van der Waals surface area (Å²) in [4.78, 5) is 24.2. The average Bonchev–Trinajstić information content (AvgIpc) is 2.89. The van der Waals surface area contributed by atoms with E-state index in [9.17, 15) is 18.0 Å². The van der Waals surface area contributed by atoms with Crippen molar-refractivity contribution in [1.82, 2.24) is 14.9 Å². The Balaban J connectivity index is 1.48. The summed E-state index contributed by atoms with van der Waals surface area (Å²) >= 11 is 0. The van der Waals surface area contributed by atoms with Gasteiger partial charge < -0.3 is 9.80 Å². The molecule has 29 heavy (non-hydrogen) atoms. The molecule has 2 saturated heterocycles. The second kappa shape index (κ2) is 8.11. The third-order valence-corrected chi connectivity index (χ3v) is 7.03. The quantitative estimate of drug-likeness (QED) is 0.740. The third-order valence-electron chi connectivity index (χ3n) is 7.03. The lowest BCUT2D eigenvalue weighted by Gasteiger charge is -2.41. The van der Waals surface area contributed by atoms with Crippen molar-refractivity contribution in [3.63, 3.8) is 0 Å². The zero-order valence-electron chi connectivity index (χ0n) is 16.8. The van der Waals surface area contributed by atoms with E-state index in [0.29, 0.717) is 31.2 Å². The van der Waals surface area contributed by atoms with Crippen molar-refractivity contribution in [2.24, 2.45) is 5.92 Å². The molecule has 8 heteroatoms. The lowest BCUT2D eigenvalue weighted by Crippen LogP contribution is -2.48. The molecule has 160 valence electrons. The van der Waals surface area contributed by atoms with E-state index in [2.05, 4.69) is 14.9 Å². The normalized spacial score (nSPS) is 26.9. The summed E-state index contributed by atoms with van der Waals surface area (Å²) in [5.41, 5.74) is -1.04. The average molecular weight is 410 g/mol. The van der Waals surface area contributed by atoms with Gasteiger partial charge in [-0.2, -0.15) is 13.2 Å². The fourth-order valence-corrected chi connectivity index (χ4v) is 5.40. The van der Waals surface area contributed by atoms with Gasteiger partial charge in [0.15, 0.2) is 0 Å². The van der Waals surface area contributed by atoms with E-state index in [0.717, 1.165) is 44.6 Å². The summed E-state index contributed by atoms with van der Waals surface area (Å²) in [6.45, 7) is 2.12. The van der Waals surface area contributed by atoms with Crippen LogP contribution >= 0.6 is 0 Å². The molecule has 0 radical (unpaired) electrons. The summed E-state index contributed by atoms with van der Waals surface area (Å²) < 4.78 is 39.1. The summed E-state index contributed by atoms with van der Waals surface area (Å²) in [6, 6.07) is 1.04. The molecule has 0 aromatic carbocycles. The highest BCUT2D eigenvalue weighted by Crippen LogP contribution is 2.41. The maximum absolute atomic E-state index is 13.0. The van der Waals surface area contributed by atoms with Crippen LogP contribution in [0.3, 0.4) is 0 Å². The molecule has 5 nitrogen and oxygen atoms in total. The van der Waals surface area contributed by atoms with Gasteiger partial charge in [0.25, 0.3) is 0 Å². The molecule has 1 aliphatic carbocycles. The SMILES string of the molecule is O=C1CC[C@@]2(CCCN(c3cc(C(F)(F)F)ncn3)CC2)N1CC1CCCCC1. The van der Waals surface area contributed by atoms with E-state index in [-0.39, 0.29) is 11.4 Å². The number of carbonyl (C=O) groups excluding carboxylic acids is 1. The fourth-order valence-electron chi connectivity index (χ4n) is 5.40. The van der Waals surface area contributed by atoms with Crippen LogP contribution < -0.4 is 4.90 Å². The van der Waals surface area contributed by atoms with Crippen LogP contribution in [-0.2, 0) is 11.0 Å². The Kier molecular flexibility index (Phi) is 5.71. The largest absolute Gasteiger partial charge is 0.433 e. The van der Waals surface area contributed by atoms with Crippen LogP contribution in [-0.4, -0.2) is 45.9 Å². The first kappa shape index (κ1) is 20.4. The minimum Gasteiger partial charge on any atom is -0.356 e. The molecule has 3 fully saturated rings. The number of hydrogen-bond donors (Lipinski definition) is 0. The second-order valence-corrected chi connectivity index (χ2v) is 8.83. The van der Waals surface area contributed by atoms with Crippen molar-refractivity contribution in [1.29, 1.82) is 0 Å². The predicted octanol–water partition coefficient (Wildman–Crippen LogP) is 4.43. The Morgan fingerprint density at radius 1 is 1.03 bits per heavy atom. The molecule has 0 N–H and O–H groups in total. The highest BCUT2D eigenvalue weighted by atomic mass is 19.4. The van der Waals surface area contributed by atoms with Crippen molar-refractivity contribution >= 4 is 11.7 Å². The molecule has 3 aliphatic rings. The predicted molar refractivity (Wildman–Crippen MR) is 103 cm³/mol. The van der Waals surface area contributed by atoms with Crippen LogP contribution in [0, 0.1) is 5.92 Å². The number of rotatable bonds is 3. The topological polar surface area (TPSA) is 49.3 Å². The zero-order valence-corrected chi connectivity index (χ0v) is 16.8. The highest BCUT2D eigenvalue weighted by molar-refractivity contribution is 5.79. The van der Waals surface area contributed by atoms with E-state index >= 15 is 0 Å². The minimum absolute atomic E-state index is 0.136. The van der Waals surface area contributed by atoms with Gasteiger partial charge in [-0.1, -0.05) is 19.3 Å². The number of hydrogen-bond acceptors (Lipinski definition) is 4. The van der Waals surface area contributed by atoms with Crippen LogP contribution in [0.25, 0.3) is 0 Å². The van der Waals surface area contributed by atoms with Crippen molar-refractivity contribution in [3.05, 3.63) is 18.1 Å². The van der Waals surface area contributed by atoms with Gasteiger partial charge in [-0.3, -0.25) is 4.79 Å². The van der Waals surface area contributed by atoms with Crippen LogP contribution in [0.2, 0.25) is 0 Å². The van der Waals surface area contributed by atoms with Crippen LogP contribution in [0.5, 0.6) is 0 Å². The molecule has 2 aliphatic heterocycles. The van der Waals surface area contributed by atoms with E-state index in [1.807, 2.05) is 4.90 Å². The number of halogens is 3. The lowest BCUT2D eigenvalue weighted by molar-refractivity contribution is -0.141.